The van der Waals surface area contributed by atoms with Crippen LogP contribution in [0.4, 0.5) is 8.78 Å². The van der Waals surface area contributed by atoms with E-state index < -0.39 is 12.2 Å². The molecule has 1 N–H and O–H groups in total. The third-order valence-corrected chi connectivity index (χ3v) is 6.09. The maximum absolute atomic E-state index is 13.4. The molecule has 0 fully saturated rings. The van der Waals surface area contributed by atoms with Crippen molar-refractivity contribution in [2.75, 3.05) is 20.2 Å². The van der Waals surface area contributed by atoms with Crippen molar-refractivity contribution in [3.05, 3.63) is 101 Å². The molecule has 0 saturated carbocycles. The number of aliphatic hydroxyl groups is 1. The minimum Gasteiger partial charge on any atom is -0.389 e. The number of hydrogen-bond donors (Lipinski definition) is 1. The van der Waals surface area contributed by atoms with Crippen LogP contribution in [0.25, 0.3) is 10.2 Å². The minimum absolute atomic E-state index is 0.0730. The van der Waals surface area contributed by atoms with E-state index in [1.54, 1.807) is 35.6 Å². The molecule has 1 atom stereocenters. The summed E-state index contributed by atoms with van der Waals surface area (Å²) in [5.41, 5.74) is 2.44. The Kier molecular flexibility index (Phi) is 7.22. The lowest BCUT2D eigenvalue weighted by atomic mass is 10.0. The number of ether oxygens (including phenoxy) is 1. The molecular weight excluding hydrogens is 430 g/mol. The molecule has 0 saturated heterocycles. The molecule has 0 aliphatic rings. The van der Waals surface area contributed by atoms with Crippen molar-refractivity contribution in [3.63, 3.8) is 0 Å². The molecule has 0 aliphatic carbocycles. The van der Waals surface area contributed by atoms with Crippen LogP contribution in [-0.4, -0.2) is 41.3 Å². The fourth-order valence-corrected chi connectivity index (χ4v) is 4.61. The van der Waals surface area contributed by atoms with E-state index in [2.05, 4.69) is 4.98 Å². The number of nitrogens with zero attached hydrogens (tertiary/aromatic N) is 2. The van der Waals surface area contributed by atoms with Gasteiger partial charge in [0.2, 0.25) is 0 Å². The quantitative estimate of drug-likeness (QED) is 0.379. The molecule has 32 heavy (non-hydrogen) atoms. The van der Waals surface area contributed by atoms with Gasteiger partial charge in [-0.05, 0) is 54.6 Å². The van der Waals surface area contributed by atoms with Crippen molar-refractivity contribution in [2.24, 2.45) is 0 Å². The second kappa shape index (κ2) is 10.3. The van der Waals surface area contributed by atoms with Crippen LogP contribution in [0.5, 0.6) is 0 Å². The maximum atomic E-state index is 13.4. The number of benzene rings is 3. The van der Waals surface area contributed by atoms with Crippen molar-refractivity contribution in [3.8, 4) is 0 Å². The van der Waals surface area contributed by atoms with Gasteiger partial charge in [-0.15, -0.1) is 11.3 Å². The molecule has 166 valence electrons. The van der Waals surface area contributed by atoms with Crippen LogP contribution in [0.1, 0.15) is 22.2 Å². The van der Waals surface area contributed by atoms with E-state index >= 15 is 0 Å². The number of halogens is 2. The predicted molar refractivity (Wildman–Crippen MR) is 123 cm³/mol. The third-order valence-electron chi connectivity index (χ3n) is 5.07. The Balaban J connectivity index is 1.38. The van der Waals surface area contributed by atoms with Gasteiger partial charge in [0.1, 0.15) is 22.7 Å². The predicted octanol–water partition coefficient (Wildman–Crippen LogP) is 5.17. The second-order valence-corrected chi connectivity index (χ2v) is 8.86. The summed E-state index contributed by atoms with van der Waals surface area (Å²) in [6.45, 7) is 1.09. The summed E-state index contributed by atoms with van der Waals surface area (Å²) in [7, 11) is 1.92. The average Bonchev–Trinajstić information content (AvgIpc) is 3.18. The van der Waals surface area contributed by atoms with Crippen molar-refractivity contribution in [1.82, 2.24) is 9.88 Å². The highest BCUT2D eigenvalue weighted by molar-refractivity contribution is 7.18. The smallest absolute Gasteiger partial charge is 0.123 e. The number of para-hydroxylation sites is 1. The van der Waals surface area contributed by atoms with Crippen LogP contribution in [0, 0.1) is 11.6 Å². The molecule has 0 spiro atoms. The van der Waals surface area contributed by atoms with E-state index in [9.17, 15) is 13.9 Å². The summed E-state index contributed by atoms with van der Waals surface area (Å²) < 4.78 is 33.9. The van der Waals surface area contributed by atoms with E-state index in [0.29, 0.717) is 13.1 Å². The molecule has 7 heteroatoms. The van der Waals surface area contributed by atoms with Crippen molar-refractivity contribution < 1.29 is 18.6 Å². The van der Waals surface area contributed by atoms with Gasteiger partial charge in [0.15, 0.2) is 0 Å². The first kappa shape index (κ1) is 22.5. The van der Waals surface area contributed by atoms with Gasteiger partial charge >= 0.3 is 0 Å². The first-order valence-corrected chi connectivity index (χ1v) is 11.1. The lowest BCUT2D eigenvalue weighted by Gasteiger charge is -2.23. The van der Waals surface area contributed by atoms with Crippen molar-refractivity contribution in [1.29, 1.82) is 0 Å². The van der Waals surface area contributed by atoms with Crippen LogP contribution in [0.3, 0.4) is 0 Å². The largest absolute Gasteiger partial charge is 0.389 e. The SMILES string of the molecule is CN(Cc1nc2ccccc2s1)CC(O)COC(c1ccc(F)cc1)c1ccc(F)cc1. The first-order chi connectivity index (χ1) is 15.5. The molecule has 3 aromatic carbocycles. The van der Waals surface area contributed by atoms with E-state index in [0.717, 1.165) is 26.4 Å². The summed E-state index contributed by atoms with van der Waals surface area (Å²) >= 11 is 1.64. The number of hydrogen-bond acceptors (Lipinski definition) is 5. The number of thiazole rings is 1. The van der Waals surface area contributed by atoms with Crippen LogP contribution in [0.2, 0.25) is 0 Å². The van der Waals surface area contributed by atoms with Gasteiger partial charge in [-0.1, -0.05) is 36.4 Å². The molecule has 4 rings (SSSR count). The molecule has 4 nitrogen and oxygen atoms in total. The standard InChI is InChI=1S/C25H24F2N2O2S/c1-29(15-24-28-22-4-2-3-5-23(22)32-24)14-21(30)16-31-25(17-6-10-19(26)11-7-17)18-8-12-20(27)13-9-18/h2-13,21,25,30H,14-16H2,1H3. The van der Waals surface area contributed by atoms with Gasteiger partial charge in [0, 0.05) is 6.54 Å². The highest BCUT2D eigenvalue weighted by Crippen LogP contribution is 2.27. The molecule has 0 amide bonds. The zero-order chi connectivity index (χ0) is 22.5. The maximum Gasteiger partial charge on any atom is 0.123 e. The molecule has 0 radical (unpaired) electrons. The third kappa shape index (κ3) is 5.75. The number of likely N-dealkylation sites (N-methyl/N-ethyl adjacent to an activating group) is 1. The summed E-state index contributed by atoms with van der Waals surface area (Å²) in [4.78, 5) is 6.63. The lowest BCUT2D eigenvalue weighted by Crippen LogP contribution is -2.32. The first-order valence-electron chi connectivity index (χ1n) is 10.3. The summed E-state index contributed by atoms with van der Waals surface area (Å²) in [6, 6.07) is 20.0. The van der Waals surface area contributed by atoms with Crippen LogP contribution < -0.4 is 0 Å². The number of aliphatic hydroxyl groups excluding tert-OH is 1. The van der Waals surface area contributed by atoms with Gasteiger partial charge in [0.05, 0.1) is 29.5 Å². The van der Waals surface area contributed by atoms with Crippen molar-refractivity contribution >= 4 is 21.6 Å². The Labute approximate surface area is 189 Å². The number of aromatic nitrogens is 1. The fraction of sp³-hybridized carbons (Fsp3) is 0.240. The average molecular weight is 455 g/mol. The molecule has 1 unspecified atom stereocenters. The van der Waals surface area contributed by atoms with Gasteiger partial charge in [-0.3, -0.25) is 4.90 Å². The van der Waals surface area contributed by atoms with E-state index in [4.69, 9.17) is 4.74 Å². The van der Waals surface area contributed by atoms with Gasteiger partial charge in [-0.25, -0.2) is 13.8 Å². The molecule has 0 bridgehead atoms. The highest BCUT2D eigenvalue weighted by atomic mass is 32.1. The molecule has 1 heterocycles. The zero-order valence-corrected chi connectivity index (χ0v) is 18.4. The van der Waals surface area contributed by atoms with E-state index in [1.165, 1.54) is 24.3 Å². The van der Waals surface area contributed by atoms with Crippen LogP contribution in [0.15, 0.2) is 72.8 Å². The topological polar surface area (TPSA) is 45.6 Å². The molecule has 4 aromatic rings. The van der Waals surface area contributed by atoms with Crippen LogP contribution in [-0.2, 0) is 11.3 Å². The lowest BCUT2D eigenvalue weighted by molar-refractivity contribution is -0.00629. The Morgan fingerprint density at radius 2 is 1.53 bits per heavy atom. The van der Waals surface area contributed by atoms with E-state index in [1.807, 2.05) is 36.2 Å². The Hall–Kier alpha value is -2.71. The summed E-state index contributed by atoms with van der Waals surface area (Å²) in [5.74, 6) is -0.689. The number of rotatable bonds is 9. The van der Waals surface area contributed by atoms with Crippen LogP contribution >= 0.6 is 11.3 Å². The molecule has 1 aromatic heterocycles. The minimum atomic E-state index is -0.738. The van der Waals surface area contributed by atoms with E-state index in [-0.39, 0.29) is 18.2 Å². The Morgan fingerprint density at radius 3 is 2.12 bits per heavy atom. The molecule has 0 aliphatic heterocycles. The zero-order valence-electron chi connectivity index (χ0n) is 17.6. The van der Waals surface area contributed by atoms with Crippen molar-refractivity contribution in [2.45, 2.75) is 18.8 Å². The second-order valence-electron chi connectivity index (χ2n) is 7.74. The monoisotopic (exact) mass is 454 g/mol. The Bertz CT molecular complexity index is 1070. The highest BCUT2D eigenvalue weighted by Gasteiger charge is 2.18. The Morgan fingerprint density at radius 1 is 0.938 bits per heavy atom. The number of fused-ring (bicyclic) bond motifs is 1. The van der Waals surface area contributed by atoms with Gasteiger partial charge in [-0.2, -0.15) is 0 Å². The van der Waals surface area contributed by atoms with Gasteiger partial charge < -0.3 is 9.84 Å². The summed E-state index contributed by atoms with van der Waals surface area (Å²) in [6.07, 6.45) is -1.28. The fourth-order valence-electron chi connectivity index (χ4n) is 3.56. The van der Waals surface area contributed by atoms with Gasteiger partial charge in [0.25, 0.3) is 0 Å². The summed E-state index contributed by atoms with van der Waals surface area (Å²) in [5, 5.41) is 11.5. The molecular formula is C25H24F2N2O2S. The normalized spacial score (nSPS) is 12.7.